The Labute approximate surface area is 193 Å². The first-order valence-corrected chi connectivity index (χ1v) is 10.4. The summed E-state index contributed by atoms with van der Waals surface area (Å²) >= 11 is 5.75. The highest BCUT2D eigenvalue weighted by molar-refractivity contribution is 7.80. The molecule has 0 aliphatic carbocycles. The van der Waals surface area contributed by atoms with Crippen LogP contribution in [0, 0.1) is 13.8 Å². The van der Waals surface area contributed by atoms with Gasteiger partial charge in [-0.3, -0.25) is 4.90 Å². The lowest BCUT2D eigenvalue weighted by Gasteiger charge is -2.38. The van der Waals surface area contributed by atoms with Gasteiger partial charge >= 0.3 is 5.97 Å². The van der Waals surface area contributed by atoms with E-state index in [1.807, 2.05) is 37.8 Å². The Balaban J connectivity index is 2.24. The topological polar surface area (TPSA) is 69.3 Å². The van der Waals surface area contributed by atoms with E-state index in [2.05, 4.69) is 11.4 Å². The summed E-state index contributed by atoms with van der Waals surface area (Å²) in [5.74, 6) is 1.09. The van der Waals surface area contributed by atoms with Gasteiger partial charge in [0.1, 0.15) is 5.75 Å². The minimum absolute atomic E-state index is 0.422. The Hall–Kier alpha value is -3.26. The second-order valence-corrected chi connectivity index (χ2v) is 7.89. The molecule has 1 aliphatic rings. The molecule has 2 aromatic carbocycles. The highest BCUT2D eigenvalue weighted by Gasteiger charge is 2.37. The lowest BCUT2D eigenvalue weighted by molar-refractivity contribution is -0.136. The minimum atomic E-state index is -0.605. The number of thiocarbonyl (C=S) groups is 1. The molecule has 0 amide bonds. The summed E-state index contributed by atoms with van der Waals surface area (Å²) in [7, 11) is 6.02. The molecule has 32 heavy (non-hydrogen) atoms. The summed E-state index contributed by atoms with van der Waals surface area (Å²) in [6.45, 7) is 5.90. The van der Waals surface area contributed by atoms with E-state index in [9.17, 15) is 4.79 Å². The molecule has 1 aliphatic heterocycles. The van der Waals surface area contributed by atoms with E-state index in [1.54, 1.807) is 33.5 Å². The first-order chi connectivity index (χ1) is 15.2. The van der Waals surface area contributed by atoms with Gasteiger partial charge in [-0.15, -0.1) is 0 Å². The maximum atomic E-state index is 13.0. The van der Waals surface area contributed by atoms with Gasteiger partial charge in [-0.2, -0.15) is 0 Å². The third kappa shape index (κ3) is 4.23. The van der Waals surface area contributed by atoms with Crippen LogP contribution in [0.2, 0.25) is 0 Å². The fourth-order valence-corrected chi connectivity index (χ4v) is 4.38. The molecule has 8 heteroatoms. The van der Waals surface area contributed by atoms with E-state index in [0.29, 0.717) is 39.2 Å². The highest BCUT2D eigenvalue weighted by Crippen LogP contribution is 2.42. The minimum Gasteiger partial charge on any atom is -0.496 e. The quantitative estimate of drug-likeness (QED) is 0.512. The van der Waals surface area contributed by atoms with E-state index in [4.69, 9.17) is 31.2 Å². The number of hydrogen-bond donors (Lipinski definition) is 1. The highest BCUT2D eigenvalue weighted by atomic mass is 32.1. The molecule has 2 aromatic rings. The van der Waals surface area contributed by atoms with Crippen molar-refractivity contribution in [2.75, 3.05) is 33.3 Å². The van der Waals surface area contributed by atoms with Gasteiger partial charge in [-0.25, -0.2) is 4.79 Å². The number of aryl methyl sites for hydroxylation is 2. The zero-order valence-corrected chi connectivity index (χ0v) is 20.2. The van der Waals surface area contributed by atoms with Crippen molar-refractivity contribution in [3.8, 4) is 17.2 Å². The van der Waals surface area contributed by atoms with Gasteiger partial charge in [0.05, 0.1) is 40.1 Å². The molecule has 0 spiro atoms. The van der Waals surface area contributed by atoms with Gasteiger partial charge < -0.3 is 24.3 Å². The Morgan fingerprint density at radius 2 is 1.44 bits per heavy atom. The lowest BCUT2D eigenvalue weighted by Crippen LogP contribution is -2.48. The van der Waals surface area contributed by atoms with Crippen LogP contribution in [-0.4, -0.2) is 39.5 Å². The number of hydrogen-bond acceptors (Lipinski definition) is 6. The molecule has 1 N–H and O–H groups in total. The maximum absolute atomic E-state index is 13.0. The smallest absolute Gasteiger partial charge is 0.337 e. The first kappa shape index (κ1) is 23.4. The molecule has 0 saturated carbocycles. The van der Waals surface area contributed by atoms with Crippen molar-refractivity contribution in [2.45, 2.75) is 26.8 Å². The van der Waals surface area contributed by atoms with E-state index < -0.39 is 12.0 Å². The molecule has 1 atom stereocenters. The molecular formula is C24H28N2O5S. The number of carbonyl (C=O) groups is 1. The average Bonchev–Trinajstić information content (AvgIpc) is 2.76. The molecule has 0 aromatic heterocycles. The standard InChI is InChI=1S/C24H28N2O5S/c1-13-8-14(2)10-16(9-13)26-15(3)21(23(27)31-7)22(25-24(26)32)17-11-19(29-5)20(30-6)12-18(17)28-4/h8-12,22H,1-7H3,(H,25,32). The third-order valence-electron chi connectivity index (χ3n) is 5.40. The number of esters is 1. The normalized spacial score (nSPS) is 15.9. The second kappa shape index (κ2) is 9.48. The summed E-state index contributed by atoms with van der Waals surface area (Å²) in [5.41, 5.74) is 4.83. The number of nitrogens with one attached hydrogen (secondary N) is 1. The largest absolute Gasteiger partial charge is 0.496 e. The van der Waals surface area contributed by atoms with Crippen LogP contribution in [0.25, 0.3) is 0 Å². The summed E-state index contributed by atoms with van der Waals surface area (Å²) in [6.07, 6.45) is 0. The average molecular weight is 457 g/mol. The van der Waals surface area contributed by atoms with Crippen LogP contribution >= 0.6 is 12.2 Å². The Morgan fingerprint density at radius 1 is 0.875 bits per heavy atom. The lowest BCUT2D eigenvalue weighted by atomic mass is 9.93. The zero-order valence-electron chi connectivity index (χ0n) is 19.4. The van der Waals surface area contributed by atoms with E-state index in [-0.39, 0.29) is 0 Å². The Bertz CT molecular complexity index is 1080. The molecule has 170 valence electrons. The van der Waals surface area contributed by atoms with Crippen LogP contribution in [0.1, 0.15) is 29.7 Å². The molecule has 3 rings (SSSR count). The van der Waals surface area contributed by atoms with Crippen LogP contribution in [0.5, 0.6) is 17.2 Å². The van der Waals surface area contributed by atoms with Gasteiger partial charge in [0.15, 0.2) is 16.6 Å². The second-order valence-electron chi connectivity index (χ2n) is 7.50. The SMILES string of the molecule is COC(=O)C1=C(C)N(c2cc(C)cc(C)c2)C(=S)NC1c1cc(OC)c(OC)cc1OC. The number of rotatable bonds is 6. The van der Waals surface area contributed by atoms with Gasteiger partial charge in [-0.1, -0.05) is 6.07 Å². The van der Waals surface area contributed by atoms with Gasteiger partial charge in [-0.05, 0) is 62.3 Å². The number of anilines is 1. The number of benzene rings is 2. The van der Waals surface area contributed by atoms with Crippen LogP contribution in [0.3, 0.4) is 0 Å². The summed E-state index contributed by atoms with van der Waals surface area (Å²) in [6, 6.07) is 9.03. The van der Waals surface area contributed by atoms with Crippen molar-refractivity contribution in [3.05, 3.63) is 58.3 Å². The van der Waals surface area contributed by atoms with E-state index in [1.165, 1.54) is 7.11 Å². The van der Waals surface area contributed by atoms with Crippen LogP contribution in [0.4, 0.5) is 5.69 Å². The molecule has 0 bridgehead atoms. The zero-order chi connectivity index (χ0) is 23.6. The summed E-state index contributed by atoms with van der Waals surface area (Å²) in [4.78, 5) is 14.8. The van der Waals surface area contributed by atoms with Crippen molar-refractivity contribution in [1.29, 1.82) is 0 Å². The fraction of sp³-hybridized carbons (Fsp3) is 0.333. The monoisotopic (exact) mass is 456 g/mol. The number of allylic oxidation sites excluding steroid dienone is 1. The van der Waals surface area contributed by atoms with Crippen molar-refractivity contribution < 1.29 is 23.7 Å². The van der Waals surface area contributed by atoms with Crippen LogP contribution in [0.15, 0.2) is 41.6 Å². The Kier molecular flexibility index (Phi) is 6.93. The maximum Gasteiger partial charge on any atom is 0.337 e. The molecule has 0 radical (unpaired) electrons. The van der Waals surface area contributed by atoms with Gasteiger partial charge in [0.2, 0.25) is 0 Å². The number of ether oxygens (including phenoxy) is 4. The molecule has 1 unspecified atom stereocenters. The fourth-order valence-electron chi connectivity index (χ4n) is 4.02. The van der Waals surface area contributed by atoms with E-state index in [0.717, 1.165) is 16.8 Å². The summed E-state index contributed by atoms with van der Waals surface area (Å²) < 4.78 is 21.6. The van der Waals surface area contributed by atoms with Crippen LogP contribution in [-0.2, 0) is 9.53 Å². The van der Waals surface area contributed by atoms with Crippen molar-refractivity contribution in [3.63, 3.8) is 0 Å². The van der Waals surface area contributed by atoms with Gasteiger partial charge in [0, 0.05) is 23.0 Å². The Morgan fingerprint density at radius 3 is 1.97 bits per heavy atom. The van der Waals surface area contributed by atoms with Crippen LogP contribution < -0.4 is 24.4 Å². The molecular weight excluding hydrogens is 428 g/mol. The molecule has 0 fully saturated rings. The molecule has 7 nitrogen and oxygen atoms in total. The van der Waals surface area contributed by atoms with E-state index >= 15 is 0 Å². The summed E-state index contributed by atoms with van der Waals surface area (Å²) in [5, 5.41) is 3.76. The first-order valence-electron chi connectivity index (χ1n) is 10.0. The van der Waals surface area contributed by atoms with Crippen molar-refractivity contribution in [1.82, 2.24) is 5.32 Å². The van der Waals surface area contributed by atoms with Gasteiger partial charge in [0.25, 0.3) is 0 Å². The molecule has 0 saturated heterocycles. The number of methoxy groups -OCH3 is 4. The predicted molar refractivity (Wildman–Crippen MR) is 128 cm³/mol. The number of nitrogens with zero attached hydrogens (tertiary/aromatic N) is 1. The van der Waals surface area contributed by atoms with Crippen molar-refractivity contribution >= 4 is 29.0 Å². The van der Waals surface area contributed by atoms with Crippen molar-refractivity contribution in [2.24, 2.45) is 0 Å². The molecule has 1 heterocycles. The third-order valence-corrected chi connectivity index (χ3v) is 5.70. The number of carbonyl (C=O) groups excluding carboxylic acids is 1. The predicted octanol–water partition coefficient (Wildman–Crippen LogP) is 4.21.